The van der Waals surface area contributed by atoms with Crippen molar-refractivity contribution in [2.45, 2.75) is 37.5 Å². The SMILES string of the molecule is c1ccc(-c2nc(-c3ccccc3)nc(-c3cccc4c3-c3cccnc3C43C4CC5CC(C4)CC3C5)n2)cc1. The predicted molar refractivity (Wildman–Crippen MR) is 157 cm³/mol. The van der Waals surface area contributed by atoms with Gasteiger partial charge in [-0.15, -0.1) is 0 Å². The van der Waals surface area contributed by atoms with E-state index >= 15 is 0 Å². The zero-order valence-electron chi connectivity index (χ0n) is 22.4. The van der Waals surface area contributed by atoms with Crippen LogP contribution in [0.5, 0.6) is 0 Å². The van der Waals surface area contributed by atoms with Gasteiger partial charge in [0.15, 0.2) is 17.5 Å². The van der Waals surface area contributed by atoms with Gasteiger partial charge in [0.05, 0.1) is 5.69 Å². The number of fused-ring (bicyclic) bond motifs is 3. The van der Waals surface area contributed by atoms with Gasteiger partial charge in [-0.1, -0.05) is 84.9 Å². The first-order chi connectivity index (χ1) is 19.8. The lowest BCUT2D eigenvalue weighted by Gasteiger charge is -2.60. The number of nitrogens with zero attached hydrogens (tertiary/aromatic N) is 4. The maximum absolute atomic E-state index is 5.19. The highest BCUT2D eigenvalue weighted by Gasteiger charge is 2.62. The van der Waals surface area contributed by atoms with Crippen molar-refractivity contribution in [3.05, 3.63) is 108 Å². The van der Waals surface area contributed by atoms with Crippen molar-refractivity contribution in [2.24, 2.45) is 23.7 Å². The standard InChI is InChI=1S/C36H30N4/c1-3-9-24(10-4-1)33-38-34(25-11-5-2-6-12-25)40-35(39-33)29-13-7-15-30-31(29)28-14-8-16-37-32(28)36(30)26-18-22-17-23(20-26)21-27(36)19-22/h1-16,22-23,26-27H,17-21H2. The maximum Gasteiger partial charge on any atom is 0.164 e. The summed E-state index contributed by atoms with van der Waals surface area (Å²) in [6.07, 6.45) is 8.83. The molecule has 4 nitrogen and oxygen atoms in total. The van der Waals surface area contributed by atoms with Crippen LogP contribution in [0.25, 0.3) is 45.3 Å². The summed E-state index contributed by atoms with van der Waals surface area (Å²) >= 11 is 0. The third kappa shape index (κ3) is 3.08. The topological polar surface area (TPSA) is 51.6 Å². The molecule has 4 saturated carbocycles. The normalized spacial score (nSPS) is 27.1. The second-order valence-electron chi connectivity index (χ2n) is 12.3. The summed E-state index contributed by atoms with van der Waals surface area (Å²) in [6.45, 7) is 0. The van der Waals surface area contributed by atoms with Gasteiger partial charge in [-0.2, -0.15) is 0 Å². The minimum absolute atomic E-state index is 0.0207. The number of rotatable bonds is 3. The molecular formula is C36H30N4. The van der Waals surface area contributed by atoms with Crippen molar-refractivity contribution in [3.63, 3.8) is 0 Å². The predicted octanol–water partition coefficient (Wildman–Crippen LogP) is 7.99. The molecule has 0 saturated heterocycles. The highest BCUT2D eigenvalue weighted by Crippen LogP contribution is 2.69. The van der Waals surface area contributed by atoms with Crippen LogP contribution in [-0.4, -0.2) is 19.9 Å². The van der Waals surface area contributed by atoms with Gasteiger partial charge in [0.25, 0.3) is 0 Å². The van der Waals surface area contributed by atoms with Crippen molar-refractivity contribution in [2.75, 3.05) is 0 Å². The molecule has 5 aliphatic carbocycles. The van der Waals surface area contributed by atoms with Gasteiger partial charge in [-0.3, -0.25) is 4.98 Å². The highest BCUT2D eigenvalue weighted by molar-refractivity contribution is 5.91. The fourth-order valence-corrected chi connectivity index (χ4v) is 9.12. The Hall–Kier alpha value is -4.18. The van der Waals surface area contributed by atoms with E-state index in [-0.39, 0.29) is 5.41 Å². The monoisotopic (exact) mass is 518 g/mol. The van der Waals surface area contributed by atoms with Crippen molar-refractivity contribution < 1.29 is 0 Å². The van der Waals surface area contributed by atoms with Crippen LogP contribution in [0, 0.1) is 23.7 Å². The van der Waals surface area contributed by atoms with Crippen molar-refractivity contribution >= 4 is 0 Å². The van der Waals surface area contributed by atoms with E-state index in [9.17, 15) is 0 Å². The molecule has 3 aromatic carbocycles. The quantitative estimate of drug-likeness (QED) is 0.243. The summed E-state index contributed by atoms with van der Waals surface area (Å²) in [5.41, 5.74) is 8.46. The van der Waals surface area contributed by atoms with Gasteiger partial charge in [-0.05, 0) is 73.0 Å². The van der Waals surface area contributed by atoms with E-state index in [2.05, 4.69) is 54.6 Å². The molecule has 2 aromatic heterocycles. The molecule has 4 fully saturated rings. The fourth-order valence-electron chi connectivity index (χ4n) is 9.12. The number of hydrogen-bond donors (Lipinski definition) is 0. The highest BCUT2D eigenvalue weighted by atomic mass is 15.0. The molecule has 4 bridgehead atoms. The van der Waals surface area contributed by atoms with E-state index in [1.54, 1.807) is 0 Å². The first-order valence-electron chi connectivity index (χ1n) is 14.8. The van der Waals surface area contributed by atoms with Crippen LogP contribution in [0.4, 0.5) is 0 Å². The van der Waals surface area contributed by atoms with Crippen LogP contribution < -0.4 is 0 Å². The van der Waals surface area contributed by atoms with E-state index < -0.39 is 0 Å². The van der Waals surface area contributed by atoms with Gasteiger partial charge in [0, 0.05) is 33.9 Å². The average molecular weight is 519 g/mol. The molecule has 0 aliphatic heterocycles. The molecule has 0 N–H and O–H groups in total. The smallest absolute Gasteiger partial charge is 0.164 e. The minimum Gasteiger partial charge on any atom is -0.260 e. The zero-order valence-corrected chi connectivity index (χ0v) is 22.4. The first-order valence-corrected chi connectivity index (χ1v) is 14.8. The molecule has 194 valence electrons. The lowest BCUT2D eigenvalue weighted by atomic mass is 9.43. The first kappa shape index (κ1) is 22.6. The number of benzene rings is 3. The lowest BCUT2D eigenvalue weighted by molar-refractivity contribution is -0.0415. The van der Waals surface area contributed by atoms with E-state index in [0.717, 1.165) is 34.4 Å². The zero-order chi connectivity index (χ0) is 26.3. The van der Waals surface area contributed by atoms with Gasteiger partial charge < -0.3 is 0 Å². The summed E-state index contributed by atoms with van der Waals surface area (Å²) in [5.74, 6) is 5.29. The van der Waals surface area contributed by atoms with Gasteiger partial charge in [-0.25, -0.2) is 15.0 Å². The maximum atomic E-state index is 5.19. The van der Waals surface area contributed by atoms with Crippen LogP contribution >= 0.6 is 0 Å². The van der Waals surface area contributed by atoms with Crippen molar-refractivity contribution in [1.29, 1.82) is 0 Å². The van der Waals surface area contributed by atoms with Crippen molar-refractivity contribution in [1.82, 2.24) is 19.9 Å². The van der Waals surface area contributed by atoms with E-state index in [4.69, 9.17) is 19.9 Å². The molecule has 0 atom stereocenters. The van der Waals surface area contributed by atoms with Crippen molar-refractivity contribution in [3.8, 4) is 45.3 Å². The molecule has 0 unspecified atom stereocenters. The number of hydrogen-bond acceptors (Lipinski definition) is 4. The Kier molecular flexibility index (Phi) is 4.75. The third-order valence-electron chi connectivity index (χ3n) is 10.3. The van der Waals surface area contributed by atoms with E-state index in [1.165, 1.54) is 54.5 Å². The second-order valence-corrected chi connectivity index (χ2v) is 12.3. The Morgan fingerprint density at radius 1 is 0.525 bits per heavy atom. The summed E-state index contributed by atoms with van der Waals surface area (Å²) in [4.78, 5) is 20.4. The molecule has 4 heteroatoms. The molecule has 0 amide bonds. The average Bonchev–Trinajstić information content (AvgIpc) is 3.31. The van der Waals surface area contributed by atoms with Crippen LogP contribution in [0.15, 0.2) is 97.2 Å². The number of pyridine rings is 1. The van der Waals surface area contributed by atoms with Gasteiger partial charge >= 0.3 is 0 Å². The largest absolute Gasteiger partial charge is 0.260 e. The Bertz CT molecular complexity index is 1680. The summed E-state index contributed by atoms with van der Waals surface area (Å²) in [5, 5.41) is 0. The minimum atomic E-state index is 0.0207. The molecule has 2 heterocycles. The van der Waals surface area contributed by atoms with E-state index in [0.29, 0.717) is 23.5 Å². The molecule has 0 radical (unpaired) electrons. The summed E-state index contributed by atoms with van der Waals surface area (Å²) < 4.78 is 0. The molecular weight excluding hydrogens is 488 g/mol. The van der Waals surface area contributed by atoms with E-state index in [1.807, 2.05) is 42.6 Å². The summed E-state index contributed by atoms with van der Waals surface area (Å²) in [6, 6.07) is 31.8. The molecule has 1 spiro atoms. The second kappa shape index (κ2) is 8.41. The molecule has 5 aromatic rings. The van der Waals surface area contributed by atoms with Gasteiger partial charge in [0.1, 0.15) is 0 Å². The summed E-state index contributed by atoms with van der Waals surface area (Å²) in [7, 11) is 0. The number of aromatic nitrogens is 4. The van der Waals surface area contributed by atoms with Gasteiger partial charge in [0.2, 0.25) is 0 Å². The Balaban J connectivity index is 1.30. The Morgan fingerprint density at radius 3 is 1.73 bits per heavy atom. The van der Waals surface area contributed by atoms with Crippen LogP contribution in [0.2, 0.25) is 0 Å². The molecule has 5 aliphatic rings. The third-order valence-corrected chi connectivity index (χ3v) is 10.3. The molecule has 40 heavy (non-hydrogen) atoms. The molecule has 10 rings (SSSR count). The lowest BCUT2D eigenvalue weighted by Crippen LogP contribution is -2.55. The fraction of sp³-hybridized carbons (Fsp3) is 0.278. The Labute approximate surface area is 234 Å². The Morgan fingerprint density at radius 2 is 1.10 bits per heavy atom. The van der Waals surface area contributed by atoms with Crippen LogP contribution in [-0.2, 0) is 5.41 Å². The van der Waals surface area contributed by atoms with Crippen LogP contribution in [0.3, 0.4) is 0 Å². The van der Waals surface area contributed by atoms with Crippen LogP contribution in [0.1, 0.15) is 43.4 Å².